The molecule has 5 nitrogen and oxygen atoms in total. The summed E-state index contributed by atoms with van der Waals surface area (Å²) in [4.78, 5) is 24.1. The molecule has 156 valence electrons. The van der Waals surface area contributed by atoms with E-state index in [9.17, 15) is 9.18 Å². The van der Waals surface area contributed by atoms with Gasteiger partial charge in [-0.3, -0.25) is 4.79 Å². The first-order valence-electron chi connectivity index (χ1n) is 10.6. The molecule has 0 saturated carbocycles. The number of hydrogen-bond donors (Lipinski definition) is 0. The Bertz CT molecular complexity index is 1020. The van der Waals surface area contributed by atoms with E-state index in [0.717, 1.165) is 61.9 Å². The number of carbonyl (C=O) groups is 1. The van der Waals surface area contributed by atoms with Crippen LogP contribution >= 0.6 is 11.3 Å². The van der Waals surface area contributed by atoms with Crippen LogP contribution in [0.3, 0.4) is 0 Å². The van der Waals surface area contributed by atoms with Crippen LogP contribution < -0.4 is 9.80 Å². The van der Waals surface area contributed by atoms with E-state index in [-0.39, 0.29) is 17.6 Å². The highest BCUT2D eigenvalue weighted by Gasteiger charge is 2.31. The highest BCUT2D eigenvalue weighted by molar-refractivity contribution is 7.22. The first-order valence-corrected chi connectivity index (χ1v) is 11.4. The standard InChI is InChI=1S/C23H25FN4OS/c24-19-7-4-8-20-21(19)25-23(30-20)28-11-9-17(10-12-28)22(29)27-15-13-26(14-16-27)18-5-2-1-3-6-18/h1-8,17H,9-16H2. The maximum atomic E-state index is 13.9. The molecule has 0 bridgehead atoms. The summed E-state index contributed by atoms with van der Waals surface area (Å²) in [7, 11) is 0. The molecule has 2 aromatic carbocycles. The summed E-state index contributed by atoms with van der Waals surface area (Å²) in [6.45, 7) is 4.91. The Morgan fingerprint density at radius 1 is 0.900 bits per heavy atom. The van der Waals surface area contributed by atoms with Gasteiger partial charge >= 0.3 is 0 Å². The number of carbonyl (C=O) groups excluding carboxylic acids is 1. The molecule has 3 heterocycles. The second-order valence-corrected chi connectivity index (χ2v) is 9.00. The number of aromatic nitrogens is 1. The molecule has 1 aromatic heterocycles. The summed E-state index contributed by atoms with van der Waals surface area (Å²) in [5.41, 5.74) is 1.68. The lowest BCUT2D eigenvalue weighted by atomic mass is 9.95. The van der Waals surface area contributed by atoms with Gasteiger partial charge in [-0.15, -0.1) is 0 Å². The third-order valence-electron chi connectivity index (χ3n) is 6.19. The van der Waals surface area contributed by atoms with E-state index in [4.69, 9.17) is 0 Å². The Kier molecular flexibility index (Phi) is 5.29. The van der Waals surface area contributed by atoms with E-state index in [1.165, 1.54) is 23.1 Å². The molecular formula is C23H25FN4OS. The smallest absolute Gasteiger partial charge is 0.225 e. The van der Waals surface area contributed by atoms with Gasteiger partial charge in [0.25, 0.3) is 0 Å². The van der Waals surface area contributed by atoms with Crippen molar-refractivity contribution in [2.75, 3.05) is 49.1 Å². The molecular weight excluding hydrogens is 399 g/mol. The Balaban J connectivity index is 1.16. The summed E-state index contributed by atoms with van der Waals surface area (Å²) in [5, 5.41) is 0.859. The van der Waals surface area contributed by atoms with Gasteiger partial charge in [0, 0.05) is 50.9 Å². The molecule has 5 rings (SSSR count). The molecule has 2 aliphatic rings. The van der Waals surface area contributed by atoms with Gasteiger partial charge in [0.1, 0.15) is 11.3 Å². The molecule has 0 atom stereocenters. The number of amides is 1. The molecule has 0 unspecified atom stereocenters. The largest absolute Gasteiger partial charge is 0.368 e. The fourth-order valence-corrected chi connectivity index (χ4v) is 5.47. The minimum Gasteiger partial charge on any atom is -0.368 e. The van der Waals surface area contributed by atoms with Crippen LogP contribution in [0.4, 0.5) is 15.2 Å². The van der Waals surface area contributed by atoms with Crippen LogP contribution in [0.25, 0.3) is 10.2 Å². The van der Waals surface area contributed by atoms with Gasteiger partial charge in [0.15, 0.2) is 5.13 Å². The number of benzene rings is 2. The van der Waals surface area contributed by atoms with E-state index in [2.05, 4.69) is 39.0 Å². The van der Waals surface area contributed by atoms with Crippen molar-refractivity contribution in [3.8, 4) is 0 Å². The lowest BCUT2D eigenvalue weighted by molar-refractivity contribution is -0.136. The number of piperidine rings is 1. The summed E-state index contributed by atoms with van der Waals surface area (Å²) >= 11 is 1.53. The summed E-state index contributed by atoms with van der Waals surface area (Å²) < 4.78 is 14.8. The highest BCUT2D eigenvalue weighted by atomic mass is 32.1. The molecule has 2 fully saturated rings. The summed E-state index contributed by atoms with van der Waals surface area (Å²) in [5.74, 6) is 0.100. The number of anilines is 2. The molecule has 7 heteroatoms. The van der Waals surface area contributed by atoms with Crippen LogP contribution in [-0.4, -0.2) is 55.1 Å². The molecule has 2 saturated heterocycles. The van der Waals surface area contributed by atoms with Crippen LogP contribution in [0.5, 0.6) is 0 Å². The quantitative estimate of drug-likeness (QED) is 0.637. The van der Waals surface area contributed by atoms with Crippen molar-refractivity contribution < 1.29 is 9.18 Å². The molecule has 2 aliphatic heterocycles. The zero-order chi connectivity index (χ0) is 20.5. The van der Waals surface area contributed by atoms with Gasteiger partial charge in [0.05, 0.1) is 4.70 Å². The number of fused-ring (bicyclic) bond motifs is 1. The minimum absolute atomic E-state index is 0.0793. The maximum Gasteiger partial charge on any atom is 0.225 e. The number of piperazine rings is 1. The molecule has 0 radical (unpaired) electrons. The van der Waals surface area contributed by atoms with Crippen molar-refractivity contribution in [2.24, 2.45) is 5.92 Å². The predicted molar refractivity (Wildman–Crippen MR) is 120 cm³/mol. The third kappa shape index (κ3) is 3.74. The second-order valence-electron chi connectivity index (χ2n) is 7.99. The first kappa shape index (κ1) is 19.3. The fraction of sp³-hybridized carbons (Fsp3) is 0.391. The Morgan fingerprint density at radius 3 is 2.33 bits per heavy atom. The van der Waals surface area contributed by atoms with Crippen LogP contribution in [0.15, 0.2) is 48.5 Å². The zero-order valence-electron chi connectivity index (χ0n) is 16.8. The SMILES string of the molecule is O=C(C1CCN(c2nc3c(F)cccc3s2)CC1)N1CCN(c2ccccc2)CC1. The zero-order valence-corrected chi connectivity index (χ0v) is 17.7. The minimum atomic E-state index is -0.269. The molecule has 1 amide bonds. The third-order valence-corrected chi connectivity index (χ3v) is 7.27. The van der Waals surface area contributed by atoms with Crippen molar-refractivity contribution in [1.29, 1.82) is 0 Å². The highest BCUT2D eigenvalue weighted by Crippen LogP contribution is 2.33. The fourth-order valence-electron chi connectivity index (χ4n) is 4.44. The van der Waals surface area contributed by atoms with Crippen molar-refractivity contribution >= 4 is 38.3 Å². The second kappa shape index (κ2) is 8.22. The van der Waals surface area contributed by atoms with E-state index in [1.807, 2.05) is 17.0 Å². The lowest BCUT2D eigenvalue weighted by Crippen LogP contribution is -2.51. The monoisotopic (exact) mass is 424 g/mol. The van der Waals surface area contributed by atoms with Crippen LogP contribution in [0.1, 0.15) is 12.8 Å². The van der Waals surface area contributed by atoms with Crippen LogP contribution in [-0.2, 0) is 4.79 Å². The van der Waals surface area contributed by atoms with E-state index in [0.29, 0.717) is 5.52 Å². The lowest BCUT2D eigenvalue weighted by Gasteiger charge is -2.39. The number of para-hydroxylation sites is 2. The molecule has 30 heavy (non-hydrogen) atoms. The van der Waals surface area contributed by atoms with E-state index < -0.39 is 0 Å². The Hall–Kier alpha value is -2.67. The van der Waals surface area contributed by atoms with Crippen LogP contribution in [0.2, 0.25) is 0 Å². The predicted octanol–water partition coefficient (Wildman–Crippen LogP) is 4.00. The average Bonchev–Trinajstić information content (AvgIpc) is 3.25. The van der Waals surface area contributed by atoms with Crippen LogP contribution in [0, 0.1) is 11.7 Å². The summed E-state index contributed by atoms with van der Waals surface area (Å²) in [6.07, 6.45) is 1.66. The van der Waals surface area contributed by atoms with E-state index >= 15 is 0 Å². The van der Waals surface area contributed by atoms with Gasteiger partial charge in [-0.1, -0.05) is 35.6 Å². The van der Waals surface area contributed by atoms with Crippen molar-refractivity contribution in [2.45, 2.75) is 12.8 Å². The van der Waals surface area contributed by atoms with Gasteiger partial charge in [0.2, 0.25) is 5.91 Å². The molecule has 0 spiro atoms. The van der Waals surface area contributed by atoms with Crippen molar-refractivity contribution in [1.82, 2.24) is 9.88 Å². The van der Waals surface area contributed by atoms with Gasteiger partial charge in [-0.05, 0) is 37.1 Å². The maximum absolute atomic E-state index is 13.9. The number of thiazole rings is 1. The molecule has 0 N–H and O–H groups in total. The molecule has 0 aliphatic carbocycles. The topological polar surface area (TPSA) is 39.7 Å². The van der Waals surface area contributed by atoms with E-state index in [1.54, 1.807) is 6.07 Å². The number of nitrogens with zero attached hydrogens (tertiary/aromatic N) is 4. The number of halogens is 1. The number of hydrogen-bond acceptors (Lipinski definition) is 5. The van der Waals surface area contributed by atoms with Gasteiger partial charge < -0.3 is 14.7 Å². The van der Waals surface area contributed by atoms with Gasteiger partial charge in [-0.25, -0.2) is 9.37 Å². The normalized spacial score (nSPS) is 18.2. The Morgan fingerprint density at radius 2 is 1.63 bits per heavy atom. The first-order chi connectivity index (χ1) is 14.7. The number of rotatable bonds is 3. The average molecular weight is 425 g/mol. The van der Waals surface area contributed by atoms with Gasteiger partial charge in [-0.2, -0.15) is 0 Å². The Labute approximate surface area is 179 Å². The summed E-state index contributed by atoms with van der Waals surface area (Å²) in [6, 6.07) is 15.5. The van der Waals surface area contributed by atoms with Crippen molar-refractivity contribution in [3.63, 3.8) is 0 Å². The van der Waals surface area contributed by atoms with Crippen molar-refractivity contribution in [3.05, 3.63) is 54.3 Å². The molecule has 3 aromatic rings.